The summed E-state index contributed by atoms with van der Waals surface area (Å²) in [5.74, 6) is -3.40. The summed E-state index contributed by atoms with van der Waals surface area (Å²) in [7, 11) is 1.58. The number of hydrogen-bond donors (Lipinski definition) is 3. The maximum absolute atomic E-state index is 11.9. The van der Waals surface area contributed by atoms with E-state index in [0.29, 0.717) is 0 Å². The van der Waals surface area contributed by atoms with Crippen LogP contribution in [0.1, 0.15) is 25.7 Å². The smallest absolute Gasteiger partial charge is 0.326 e. The van der Waals surface area contributed by atoms with Crippen LogP contribution in [0.15, 0.2) is 0 Å². The van der Waals surface area contributed by atoms with Crippen molar-refractivity contribution in [3.8, 4) is 0 Å². The third-order valence-corrected chi connectivity index (χ3v) is 3.21. The standard InChI is InChI=1S/C12H18N2O6/c1-14-6-7(5-9(14)15)11(18)13-8(12(19)20)3-2-4-10(16)17/h7-8H,2-6H2,1H3,(H,13,18)(H,16,17)(H,19,20)/t7?,8-/m1/s1. The van der Waals surface area contributed by atoms with Crippen LogP contribution in [0.5, 0.6) is 0 Å². The maximum Gasteiger partial charge on any atom is 0.326 e. The van der Waals surface area contributed by atoms with Gasteiger partial charge >= 0.3 is 11.9 Å². The van der Waals surface area contributed by atoms with Crippen LogP contribution in [0.4, 0.5) is 0 Å². The van der Waals surface area contributed by atoms with E-state index in [-0.39, 0.29) is 38.1 Å². The quantitative estimate of drug-likeness (QED) is 0.568. The van der Waals surface area contributed by atoms with Crippen LogP contribution < -0.4 is 5.32 Å². The van der Waals surface area contributed by atoms with Crippen molar-refractivity contribution in [2.45, 2.75) is 31.7 Å². The fourth-order valence-corrected chi connectivity index (χ4v) is 2.04. The van der Waals surface area contributed by atoms with E-state index in [1.54, 1.807) is 7.05 Å². The molecule has 0 saturated carbocycles. The minimum atomic E-state index is -1.21. The lowest BCUT2D eigenvalue weighted by atomic mass is 10.1. The first kappa shape index (κ1) is 15.9. The van der Waals surface area contributed by atoms with Gasteiger partial charge < -0.3 is 20.4 Å². The van der Waals surface area contributed by atoms with Gasteiger partial charge in [0.2, 0.25) is 11.8 Å². The molecule has 8 nitrogen and oxygen atoms in total. The van der Waals surface area contributed by atoms with Crippen molar-refractivity contribution in [1.29, 1.82) is 0 Å². The fourth-order valence-electron chi connectivity index (χ4n) is 2.04. The van der Waals surface area contributed by atoms with Gasteiger partial charge in [-0.1, -0.05) is 0 Å². The molecule has 8 heteroatoms. The van der Waals surface area contributed by atoms with Crippen molar-refractivity contribution >= 4 is 23.8 Å². The second-order valence-corrected chi connectivity index (χ2v) is 4.86. The topological polar surface area (TPSA) is 124 Å². The highest BCUT2D eigenvalue weighted by molar-refractivity contribution is 5.91. The highest BCUT2D eigenvalue weighted by Gasteiger charge is 2.33. The average Bonchev–Trinajstić information content (AvgIpc) is 2.67. The number of carbonyl (C=O) groups excluding carboxylic acids is 2. The van der Waals surface area contributed by atoms with Crippen LogP contribution >= 0.6 is 0 Å². The zero-order valence-electron chi connectivity index (χ0n) is 11.2. The van der Waals surface area contributed by atoms with Gasteiger partial charge in [-0.3, -0.25) is 14.4 Å². The molecule has 0 aromatic heterocycles. The SMILES string of the molecule is CN1CC(C(=O)N[C@H](CCCC(=O)O)C(=O)O)CC1=O. The number of likely N-dealkylation sites (tertiary alicyclic amines) is 1. The van der Waals surface area contributed by atoms with Crippen molar-refractivity contribution < 1.29 is 29.4 Å². The maximum atomic E-state index is 11.9. The Morgan fingerprint density at radius 3 is 2.50 bits per heavy atom. The lowest BCUT2D eigenvalue weighted by molar-refractivity contribution is -0.143. The average molecular weight is 286 g/mol. The molecular weight excluding hydrogens is 268 g/mol. The van der Waals surface area contributed by atoms with Crippen molar-refractivity contribution in [3.63, 3.8) is 0 Å². The highest BCUT2D eigenvalue weighted by Crippen LogP contribution is 2.16. The Bertz CT molecular complexity index is 422. The molecule has 1 aliphatic rings. The minimum absolute atomic E-state index is 0.0455. The molecule has 0 aliphatic carbocycles. The molecule has 1 saturated heterocycles. The Hall–Kier alpha value is -2.12. The largest absolute Gasteiger partial charge is 0.481 e. The molecule has 2 atom stereocenters. The molecule has 3 N–H and O–H groups in total. The molecule has 0 bridgehead atoms. The fraction of sp³-hybridized carbons (Fsp3) is 0.667. The first-order valence-electron chi connectivity index (χ1n) is 6.30. The molecule has 0 spiro atoms. The van der Waals surface area contributed by atoms with Crippen LogP contribution in [0, 0.1) is 5.92 Å². The van der Waals surface area contributed by atoms with Crippen LogP contribution in [0.3, 0.4) is 0 Å². The normalized spacial score (nSPS) is 19.8. The molecule has 20 heavy (non-hydrogen) atoms. The van der Waals surface area contributed by atoms with E-state index >= 15 is 0 Å². The second kappa shape index (κ2) is 6.88. The summed E-state index contributed by atoms with van der Waals surface area (Å²) in [6.07, 6.45) is 0.133. The Balaban J connectivity index is 2.49. The third-order valence-electron chi connectivity index (χ3n) is 3.21. The van der Waals surface area contributed by atoms with E-state index in [2.05, 4.69) is 5.32 Å². The lowest BCUT2D eigenvalue weighted by Crippen LogP contribution is -2.44. The van der Waals surface area contributed by atoms with E-state index in [0.717, 1.165) is 0 Å². The van der Waals surface area contributed by atoms with Gasteiger partial charge in [0.15, 0.2) is 0 Å². The molecule has 1 fully saturated rings. The molecule has 1 unspecified atom stereocenters. The lowest BCUT2D eigenvalue weighted by Gasteiger charge is -2.16. The van der Waals surface area contributed by atoms with Gasteiger partial charge in [-0.2, -0.15) is 0 Å². The van der Waals surface area contributed by atoms with Gasteiger partial charge in [-0.15, -0.1) is 0 Å². The van der Waals surface area contributed by atoms with E-state index in [9.17, 15) is 19.2 Å². The number of aliphatic carboxylic acids is 2. The van der Waals surface area contributed by atoms with Crippen molar-refractivity contribution in [2.24, 2.45) is 5.92 Å². The Kier molecular flexibility index (Phi) is 5.48. The number of amides is 2. The van der Waals surface area contributed by atoms with E-state index in [4.69, 9.17) is 10.2 Å². The summed E-state index contributed by atoms with van der Waals surface area (Å²) in [4.78, 5) is 46.0. The van der Waals surface area contributed by atoms with Gasteiger partial charge in [0.25, 0.3) is 0 Å². The number of carbonyl (C=O) groups is 4. The zero-order valence-corrected chi connectivity index (χ0v) is 11.2. The number of nitrogens with zero attached hydrogens (tertiary/aromatic N) is 1. The number of carboxylic acid groups (broad SMARTS) is 2. The second-order valence-electron chi connectivity index (χ2n) is 4.86. The summed E-state index contributed by atoms with van der Waals surface area (Å²) >= 11 is 0. The first-order chi connectivity index (χ1) is 9.31. The molecule has 0 aromatic carbocycles. The number of rotatable bonds is 7. The van der Waals surface area contributed by atoms with Crippen molar-refractivity contribution in [3.05, 3.63) is 0 Å². The predicted molar refractivity (Wildman–Crippen MR) is 66.8 cm³/mol. The summed E-state index contributed by atoms with van der Waals surface area (Å²) < 4.78 is 0. The van der Waals surface area contributed by atoms with E-state index in [1.165, 1.54) is 4.90 Å². The van der Waals surface area contributed by atoms with Gasteiger partial charge in [-0.25, -0.2) is 4.79 Å². The van der Waals surface area contributed by atoms with Crippen LogP contribution in [0.25, 0.3) is 0 Å². The first-order valence-corrected chi connectivity index (χ1v) is 6.30. The zero-order chi connectivity index (χ0) is 15.3. The molecule has 1 rings (SSSR count). The van der Waals surface area contributed by atoms with E-state index < -0.39 is 29.8 Å². The van der Waals surface area contributed by atoms with Crippen LogP contribution in [-0.4, -0.2) is 58.5 Å². The Labute approximate surface area is 115 Å². The summed E-state index contributed by atoms with van der Waals surface area (Å²) in [6, 6.07) is -1.12. The van der Waals surface area contributed by atoms with Crippen molar-refractivity contribution in [1.82, 2.24) is 10.2 Å². The van der Waals surface area contributed by atoms with Gasteiger partial charge in [0.05, 0.1) is 5.92 Å². The molecule has 0 aromatic rings. The van der Waals surface area contributed by atoms with E-state index in [1.807, 2.05) is 0 Å². The predicted octanol–water partition coefficient (Wildman–Crippen LogP) is -0.711. The number of nitrogens with one attached hydrogen (secondary N) is 1. The summed E-state index contributed by atoms with van der Waals surface area (Å²) in [5.41, 5.74) is 0. The Morgan fingerprint density at radius 1 is 1.40 bits per heavy atom. The van der Waals surface area contributed by atoms with Gasteiger partial charge in [0.1, 0.15) is 6.04 Å². The summed E-state index contributed by atoms with van der Waals surface area (Å²) in [5, 5.41) is 19.9. The highest BCUT2D eigenvalue weighted by atomic mass is 16.4. The van der Waals surface area contributed by atoms with Crippen LogP contribution in [0.2, 0.25) is 0 Å². The van der Waals surface area contributed by atoms with Crippen LogP contribution in [-0.2, 0) is 19.2 Å². The third kappa shape index (κ3) is 4.52. The molecular formula is C12H18N2O6. The van der Waals surface area contributed by atoms with Gasteiger partial charge in [0, 0.05) is 26.4 Å². The summed E-state index contributed by atoms with van der Waals surface area (Å²) in [6.45, 7) is 0.270. The molecule has 0 radical (unpaired) electrons. The molecule has 1 heterocycles. The van der Waals surface area contributed by atoms with Gasteiger partial charge in [-0.05, 0) is 12.8 Å². The van der Waals surface area contributed by atoms with Crippen molar-refractivity contribution in [2.75, 3.05) is 13.6 Å². The monoisotopic (exact) mass is 286 g/mol. The molecule has 112 valence electrons. The number of hydrogen-bond acceptors (Lipinski definition) is 4. The minimum Gasteiger partial charge on any atom is -0.481 e. The number of carboxylic acids is 2. The molecule has 2 amide bonds. The molecule has 1 aliphatic heterocycles. The Morgan fingerprint density at radius 2 is 2.05 bits per heavy atom.